The molecule has 2 atom stereocenters. The van der Waals surface area contributed by atoms with Gasteiger partial charge in [-0.05, 0) is 24.9 Å². The van der Waals surface area contributed by atoms with E-state index in [-0.39, 0.29) is 17.3 Å². The number of ether oxygens (including phenoxy) is 1. The van der Waals surface area contributed by atoms with Gasteiger partial charge >= 0.3 is 5.97 Å². The summed E-state index contributed by atoms with van der Waals surface area (Å²) in [6, 6.07) is 10.2. The quantitative estimate of drug-likeness (QED) is 0.748. The van der Waals surface area contributed by atoms with E-state index < -0.39 is 0 Å². The third-order valence-electron chi connectivity index (χ3n) is 4.10. The predicted octanol–water partition coefficient (Wildman–Crippen LogP) is 3.73. The van der Waals surface area contributed by atoms with Crippen molar-refractivity contribution in [1.29, 1.82) is 0 Å². The summed E-state index contributed by atoms with van der Waals surface area (Å²) < 4.78 is 5.39. The van der Waals surface area contributed by atoms with Crippen LogP contribution in [-0.2, 0) is 16.1 Å². The van der Waals surface area contributed by atoms with Gasteiger partial charge < -0.3 is 9.64 Å². The van der Waals surface area contributed by atoms with Crippen molar-refractivity contribution in [3.05, 3.63) is 35.9 Å². The van der Waals surface area contributed by atoms with Gasteiger partial charge in [-0.25, -0.2) is 0 Å². The summed E-state index contributed by atoms with van der Waals surface area (Å²) >= 11 is 0. The van der Waals surface area contributed by atoms with Gasteiger partial charge in [-0.3, -0.25) is 4.79 Å². The summed E-state index contributed by atoms with van der Waals surface area (Å²) in [6.45, 7) is 11.8. The number of benzene rings is 1. The van der Waals surface area contributed by atoms with E-state index in [2.05, 4.69) is 39.6 Å². The minimum Gasteiger partial charge on any atom is -0.461 e. The van der Waals surface area contributed by atoms with E-state index in [0.717, 1.165) is 5.56 Å². The summed E-state index contributed by atoms with van der Waals surface area (Å²) in [5, 5.41) is 0. The molecule has 0 bridgehead atoms. The Balaban J connectivity index is 2.44. The van der Waals surface area contributed by atoms with Crippen molar-refractivity contribution in [2.45, 2.75) is 47.3 Å². The van der Waals surface area contributed by atoms with Gasteiger partial charge in [-0.15, -0.1) is 0 Å². The normalized spacial score (nSPS) is 14.8. The van der Waals surface area contributed by atoms with Crippen LogP contribution in [0.5, 0.6) is 0 Å². The maximum atomic E-state index is 12.1. The third-order valence-corrected chi connectivity index (χ3v) is 4.10. The fourth-order valence-electron chi connectivity index (χ4n) is 2.20. The first kappa shape index (κ1) is 17.7. The topological polar surface area (TPSA) is 29.5 Å². The maximum absolute atomic E-state index is 12.1. The van der Waals surface area contributed by atoms with Crippen LogP contribution in [0, 0.1) is 11.3 Å². The Morgan fingerprint density at radius 3 is 2.29 bits per heavy atom. The first-order valence-corrected chi connectivity index (χ1v) is 7.62. The largest absolute Gasteiger partial charge is 0.461 e. The molecule has 0 heterocycles. The Hall–Kier alpha value is -1.35. The molecule has 118 valence electrons. The summed E-state index contributed by atoms with van der Waals surface area (Å²) in [5.74, 6) is -0.254. The Bertz CT molecular complexity index is 436. The average Bonchev–Trinajstić information content (AvgIpc) is 2.43. The number of hydrogen-bond donors (Lipinski definition) is 0. The molecule has 0 aliphatic carbocycles. The van der Waals surface area contributed by atoms with E-state index in [9.17, 15) is 4.79 Å². The van der Waals surface area contributed by atoms with Crippen LogP contribution in [0.4, 0.5) is 0 Å². The smallest absolute Gasteiger partial charge is 0.310 e. The standard InChI is InChI=1S/C18H29NO2/c1-14(12-19(6)15(2)18(3,4)5)17(20)21-13-16-10-8-7-9-11-16/h7-11,14-15H,12-13H2,1-6H3. The van der Waals surface area contributed by atoms with E-state index in [4.69, 9.17) is 4.74 Å². The highest BCUT2D eigenvalue weighted by molar-refractivity contribution is 5.72. The minimum absolute atomic E-state index is 0.122. The monoisotopic (exact) mass is 291 g/mol. The molecule has 0 saturated carbocycles. The van der Waals surface area contributed by atoms with Gasteiger partial charge in [0.15, 0.2) is 0 Å². The highest BCUT2D eigenvalue weighted by Crippen LogP contribution is 2.23. The lowest BCUT2D eigenvalue weighted by Crippen LogP contribution is -2.42. The molecule has 0 radical (unpaired) electrons. The molecule has 21 heavy (non-hydrogen) atoms. The van der Waals surface area contributed by atoms with Crippen LogP contribution in [0.2, 0.25) is 0 Å². The van der Waals surface area contributed by atoms with E-state index in [1.54, 1.807) is 0 Å². The predicted molar refractivity (Wildman–Crippen MR) is 86.9 cm³/mol. The van der Waals surface area contributed by atoms with Crippen molar-refractivity contribution in [1.82, 2.24) is 4.90 Å². The zero-order chi connectivity index (χ0) is 16.0. The Labute approximate surface area is 129 Å². The van der Waals surface area contributed by atoms with Crippen LogP contribution in [-0.4, -0.2) is 30.5 Å². The van der Waals surface area contributed by atoms with Crippen LogP contribution >= 0.6 is 0 Å². The molecule has 0 spiro atoms. The highest BCUT2D eigenvalue weighted by Gasteiger charge is 2.26. The van der Waals surface area contributed by atoms with Crippen molar-refractivity contribution >= 4 is 5.97 Å². The van der Waals surface area contributed by atoms with Gasteiger partial charge in [0, 0.05) is 12.6 Å². The van der Waals surface area contributed by atoms with Gasteiger partial charge in [-0.1, -0.05) is 58.0 Å². The molecule has 1 aromatic rings. The number of carbonyl (C=O) groups excluding carboxylic acids is 1. The fraction of sp³-hybridized carbons (Fsp3) is 0.611. The van der Waals surface area contributed by atoms with Crippen molar-refractivity contribution < 1.29 is 9.53 Å². The first-order valence-electron chi connectivity index (χ1n) is 7.62. The van der Waals surface area contributed by atoms with Crippen LogP contribution < -0.4 is 0 Å². The molecule has 1 rings (SSSR count). The molecule has 0 fully saturated rings. The maximum Gasteiger partial charge on any atom is 0.310 e. The van der Waals surface area contributed by atoms with E-state index in [1.807, 2.05) is 37.3 Å². The number of carbonyl (C=O) groups is 1. The summed E-state index contributed by atoms with van der Waals surface area (Å²) in [7, 11) is 2.07. The van der Waals surface area contributed by atoms with Crippen LogP contribution in [0.15, 0.2) is 30.3 Å². The second-order valence-corrected chi connectivity index (χ2v) is 6.98. The molecule has 0 aliphatic heterocycles. The fourth-order valence-corrected chi connectivity index (χ4v) is 2.20. The van der Waals surface area contributed by atoms with Crippen LogP contribution in [0.3, 0.4) is 0 Å². The number of rotatable bonds is 6. The third kappa shape index (κ3) is 5.88. The van der Waals surface area contributed by atoms with Gasteiger partial charge in [0.05, 0.1) is 5.92 Å². The molecular formula is C18H29NO2. The lowest BCUT2D eigenvalue weighted by atomic mass is 9.87. The van der Waals surface area contributed by atoms with Crippen molar-refractivity contribution in [3.63, 3.8) is 0 Å². The molecule has 1 aromatic carbocycles. The number of hydrogen-bond acceptors (Lipinski definition) is 3. The molecule has 0 N–H and O–H groups in total. The van der Waals surface area contributed by atoms with Gasteiger partial charge in [0.2, 0.25) is 0 Å². The average molecular weight is 291 g/mol. The van der Waals surface area contributed by atoms with E-state index >= 15 is 0 Å². The second kappa shape index (κ2) is 7.60. The van der Waals surface area contributed by atoms with Gasteiger partial charge in [-0.2, -0.15) is 0 Å². The van der Waals surface area contributed by atoms with Gasteiger partial charge in [0.1, 0.15) is 6.61 Å². The van der Waals surface area contributed by atoms with Crippen molar-refractivity contribution in [2.24, 2.45) is 11.3 Å². The molecule has 0 saturated heterocycles. The van der Waals surface area contributed by atoms with Crippen LogP contribution in [0.25, 0.3) is 0 Å². The first-order chi connectivity index (χ1) is 9.71. The summed E-state index contributed by atoms with van der Waals surface area (Å²) in [6.07, 6.45) is 0. The summed E-state index contributed by atoms with van der Waals surface area (Å²) in [4.78, 5) is 14.3. The van der Waals surface area contributed by atoms with Gasteiger partial charge in [0.25, 0.3) is 0 Å². The Kier molecular flexibility index (Phi) is 6.41. The van der Waals surface area contributed by atoms with Crippen molar-refractivity contribution in [2.75, 3.05) is 13.6 Å². The molecular weight excluding hydrogens is 262 g/mol. The molecule has 3 heteroatoms. The molecule has 2 unspecified atom stereocenters. The number of esters is 1. The molecule has 0 aliphatic rings. The van der Waals surface area contributed by atoms with Crippen LogP contribution in [0.1, 0.15) is 40.2 Å². The zero-order valence-electron chi connectivity index (χ0n) is 14.2. The lowest BCUT2D eigenvalue weighted by Gasteiger charge is -2.36. The molecule has 0 amide bonds. The Morgan fingerprint density at radius 2 is 1.76 bits per heavy atom. The molecule has 0 aromatic heterocycles. The summed E-state index contributed by atoms with van der Waals surface area (Å²) in [5.41, 5.74) is 1.22. The number of nitrogens with zero attached hydrogens (tertiary/aromatic N) is 1. The SMILES string of the molecule is CC(CN(C)C(C)C(C)(C)C)C(=O)OCc1ccccc1. The Morgan fingerprint density at radius 1 is 1.19 bits per heavy atom. The minimum atomic E-state index is -0.133. The van der Waals surface area contributed by atoms with E-state index in [0.29, 0.717) is 19.2 Å². The second-order valence-electron chi connectivity index (χ2n) is 6.98. The van der Waals surface area contributed by atoms with E-state index in [1.165, 1.54) is 0 Å². The molecule has 3 nitrogen and oxygen atoms in total. The zero-order valence-corrected chi connectivity index (χ0v) is 14.2. The highest BCUT2D eigenvalue weighted by atomic mass is 16.5. The van der Waals surface area contributed by atoms with Crippen molar-refractivity contribution in [3.8, 4) is 0 Å². The lowest BCUT2D eigenvalue weighted by molar-refractivity contribution is -0.150.